The third kappa shape index (κ3) is 1.32. The van der Waals surface area contributed by atoms with Crippen molar-refractivity contribution in [2.75, 3.05) is 0 Å². The Labute approximate surface area is 43.9 Å². The number of rotatable bonds is 0. The summed E-state index contributed by atoms with van der Waals surface area (Å²) < 4.78 is 10.9. The van der Waals surface area contributed by atoms with Gasteiger partial charge in [-0.3, -0.25) is 0 Å². The zero-order chi connectivity index (χ0) is 4.24. The Hall–Kier alpha value is 0.531. The second-order valence-electron chi connectivity index (χ2n) is 0.681. The van der Waals surface area contributed by atoms with Crippen LogP contribution < -0.4 is 9.30 Å². The highest BCUT2D eigenvalue weighted by molar-refractivity contribution is 6.60. The smallest absolute Gasteiger partial charge is 0.319 e. The van der Waals surface area contributed by atoms with Crippen LogP contribution in [0.3, 0.4) is 0 Å². The van der Waals surface area contributed by atoms with Gasteiger partial charge in [0.25, 0.3) is 0 Å². The zero-order valence-electron chi connectivity index (χ0n) is 2.91. The van der Waals surface area contributed by atoms with Crippen LogP contribution in [0.1, 0.15) is 0 Å². The minimum Gasteiger partial charge on any atom is -0.432 e. The van der Waals surface area contributed by atoms with Gasteiger partial charge >= 0.3 is 19.8 Å². The molecule has 0 spiro atoms. The summed E-state index contributed by atoms with van der Waals surface area (Å²) in [5, 5.41) is 0. The van der Waals surface area contributed by atoms with Gasteiger partial charge in [0.05, 0.1) is 0 Å². The van der Waals surface area contributed by atoms with Crippen LogP contribution in [0.25, 0.3) is 0 Å². The van der Waals surface area contributed by atoms with Gasteiger partial charge in [0.15, 0.2) is 0 Å². The molecule has 0 aliphatic carbocycles. The van der Waals surface area contributed by atoms with E-state index < -0.39 is 0 Å². The van der Waals surface area contributed by atoms with Crippen molar-refractivity contribution < 1.29 is 4.12 Å². The Bertz CT molecular complexity index is 24.3. The van der Waals surface area contributed by atoms with Crippen LogP contribution in [0.5, 0.6) is 0 Å². The molecule has 3 nitrogen and oxygen atoms in total. The molecule has 2 N–H and O–H groups in total. The highest BCUT2D eigenvalue weighted by atomic mass is 28.4. The third-order valence-corrected chi connectivity index (χ3v) is 2.96. The Morgan fingerprint density at radius 3 is 2.00 bits per heavy atom. The number of hydrogen-bond acceptors (Lipinski definition) is 3. The molecule has 6 radical (unpaired) electrons. The van der Waals surface area contributed by atoms with Crippen LogP contribution in [0.15, 0.2) is 0 Å². The van der Waals surface area contributed by atoms with Gasteiger partial charge in [0, 0.05) is 0 Å². The van der Waals surface area contributed by atoms with E-state index in [1.807, 2.05) is 0 Å². The molecule has 0 bridgehead atoms. The van der Waals surface area contributed by atoms with Gasteiger partial charge in [0.1, 0.15) is 0 Å². The summed E-state index contributed by atoms with van der Waals surface area (Å²) in [6.45, 7) is 0. The first kappa shape index (κ1) is 4.68. The van der Waals surface area contributed by atoms with E-state index in [1.54, 1.807) is 0 Å². The van der Waals surface area contributed by atoms with E-state index in [0.717, 1.165) is 0 Å². The highest BCUT2D eigenvalue weighted by Gasteiger charge is 1.99. The topological polar surface area (TPSA) is 33.3 Å². The lowest BCUT2D eigenvalue weighted by Gasteiger charge is -2.06. The minimum absolute atomic E-state index is 0.514. The van der Waals surface area contributed by atoms with Crippen molar-refractivity contribution >= 4 is 29.7 Å². The number of hydrogen-bond donors (Lipinski definition) is 2. The van der Waals surface area contributed by atoms with E-state index in [-0.39, 0.29) is 0 Å². The molecule has 0 aromatic heterocycles. The van der Waals surface area contributed by atoms with Crippen LogP contribution in [-0.4, -0.2) is 29.7 Å². The molecule has 1 aliphatic heterocycles. The molecule has 1 heterocycles. The normalized spacial score (nSPS) is 24.0. The molecule has 0 unspecified atom stereocenters. The summed E-state index contributed by atoms with van der Waals surface area (Å²) in [4.78, 5) is 0. The van der Waals surface area contributed by atoms with E-state index in [4.69, 9.17) is 4.12 Å². The molecular formula is H2N2OSi3. The molecule has 0 aromatic rings. The van der Waals surface area contributed by atoms with Gasteiger partial charge in [-0.25, -0.2) is 0 Å². The van der Waals surface area contributed by atoms with Crippen LogP contribution >= 0.6 is 0 Å². The fourth-order valence-corrected chi connectivity index (χ4v) is 2.91. The Morgan fingerprint density at radius 2 is 1.83 bits per heavy atom. The molecule has 6 heteroatoms. The van der Waals surface area contributed by atoms with Gasteiger partial charge in [-0.2, -0.15) is 0 Å². The van der Waals surface area contributed by atoms with Crippen LogP contribution in [0, 0.1) is 0 Å². The maximum Gasteiger partial charge on any atom is 0.319 e. The van der Waals surface area contributed by atoms with E-state index in [9.17, 15) is 0 Å². The average Bonchev–Trinajstić information content (AvgIpc) is 1.72. The predicted molar refractivity (Wildman–Crippen MR) is 24.6 cm³/mol. The van der Waals surface area contributed by atoms with E-state index in [1.165, 1.54) is 0 Å². The summed E-state index contributed by atoms with van der Waals surface area (Å²) in [6, 6.07) is 0. The van der Waals surface area contributed by atoms with Gasteiger partial charge in [-0.1, -0.05) is 0 Å². The minimum atomic E-state index is 0.514. The monoisotopic (exact) mass is 130 g/mol. The quantitative estimate of drug-likeness (QED) is 0.365. The van der Waals surface area contributed by atoms with Crippen molar-refractivity contribution in [1.29, 1.82) is 0 Å². The molecule has 0 aromatic carbocycles. The van der Waals surface area contributed by atoms with Crippen molar-refractivity contribution in [2.24, 2.45) is 0 Å². The molecule has 1 fully saturated rings. The lowest BCUT2D eigenvalue weighted by atomic mass is 13.8. The predicted octanol–water partition coefficient (Wildman–Crippen LogP) is -2.20. The first-order valence-corrected chi connectivity index (χ1v) is 4.22. The summed E-state index contributed by atoms with van der Waals surface area (Å²) in [7, 11) is 1.73. The molecule has 6 heavy (non-hydrogen) atoms. The van der Waals surface area contributed by atoms with Crippen molar-refractivity contribution in [3.8, 4) is 0 Å². The summed E-state index contributed by atoms with van der Waals surface area (Å²) >= 11 is 0. The fraction of sp³-hybridized carbons (Fsp3) is 0. The zero-order valence-corrected chi connectivity index (χ0v) is 5.91. The van der Waals surface area contributed by atoms with Crippen molar-refractivity contribution in [1.82, 2.24) is 9.30 Å². The second kappa shape index (κ2) is 2.66. The van der Waals surface area contributed by atoms with E-state index in [0.29, 0.717) is 29.7 Å². The maximum absolute atomic E-state index is 4.91. The fourth-order valence-electron chi connectivity index (χ4n) is 0.159. The molecular weight excluding hydrogens is 128 g/mol. The van der Waals surface area contributed by atoms with E-state index >= 15 is 0 Å². The maximum atomic E-state index is 4.91. The second-order valence-corrected chi connectivity index (χ2v) is 4.16. The first-order valence-electron chi connectivity index (χ1n) is 1.41. The molecule has 0 atom stereocenters. The van der Waals surface area contributed by atoms with Crippen molar-refractivity contribution in [3.63, 3.8) is 0 Å². The Morgan fingerprint density at radius 1 is 1.17 bits per heavy atom. The third-order valence-electron chi connectivity index (χ3n) is 0.329. The molecule has 0 saturated carbocycles. The Balaban J connectivity index is 2.00. The van der Waals surface area contributed by atoms with Gasteiger partial charge < -0.3 is 13.4 Å². The van der Waals surface area contributed by atoms with Gasteiger partial charge in [0.2, 0.25) is 9.84 Å². The lowest BCUT2D eigenvalue weighted by molar-refractivity contribution is 0.618. The van der Waals surface area contributed by atoms with Crippen LogP contribution in [-0.2, 0) is 4.12 Å². The van der Waals surface area contributed by atoms with Gasteiger partial charge in [-0.15, -0.1) is 0 Å². The molecule has 1 saturated heterocycles. The highest BCUT2D eigenvalue weighted by Crippen LogP contribution is 1.60. The lowest BCUT2D eigenvalue weighted by Crippen LogP contribution is -2.47. The molecule has 0 amide bonds. The summed E-state index contributed by atoms with van der Waals surface area (Å²) in [6.07, 6.45) is 0. The largest absolute Gasteiger partial charge is 0.432 e. The Kier molecular flexibility index (Phi) is 2.08. The number of nitrogens with one attached hydrogen (secondary N) is 2. The summed E-state index contributed by atoms with van der Waals surface area (Å²) in [5.41, 5.74) is 0. The van der Waals surface area contributed by atoms with Crippen molar-refractivity contribution in [3.05, 3.63) is 0 Å². The SMILES string of the molecule is N1[Si]N[Si]O[Si]1. The standard InChI is InChI=1S/H2N2OSi3/c1-4-2-6-3-5-1/h1-2H. The summed E-state index contributed by atoms with van der Waals surface area (Å²) in [5.74, 6) is 0. The molecule has 30 valence electrons. The van der Waals surface area contributed by atoms with Crippen molar-refractivity contribution in [2.45, 2.75) is 0 Å². The average molecular weight is 130 g/mol. The van der Waals surface area contributed by atoms with Crippen LogP contribution in [0.4, 0.5) is 0 Å². The van der Waals surface area contributed by atoms with Gasteiger partial charge in [-0.05, 0) is 0 Å². The molecule has 1 aliphatic rings. The first-order chi connectivity index (χ1) is 3.00. The van der Waals surface area contributed by atoms with Crippen LogP contribution in [0.2, 0.25) is 0 Å². The molecule has 1 rings (SSSR count). The van der Waals surface area contributed by atoms with E-state index in [2.05, 4.69) is 9.30 Å².